The highest BCUT2D eigenvalue weighted by atomic mass is 35.5. The van der Waals surface area contributed by atoms with Crippen molar-refractivity contribution < 1.29 is 27.4 Å². The molecule has 0 saturated carbocycles. The van der Waals surface area contributed by atoms with Crippen LogP contribution in [0.3, 0.4) is 0 Å². The van der Waals surface area contributed by atoms with Gasteiger partial charge in [-0.15, -0.1) is 0 Å². The van der Waals surface area contributed by atoms with Crippen LogP contribution in [0.5, 0.6) is 5.75 Å². The van der Waals surface area contributed by atoms with Gasteiger partial charge in [0.1, 0.15) is 16.5 Å². The molecule has 2 heterocycles. The number of carboxylic acid groups (broad SMARTS) is 1. The molecular weight excluding hydrogens is 471 g/mol. The summed E-state index contributed by atoms with van der Waals surface area (Å²) in [7, 11) is -2.51. The fraction of sp³-hybridized carbons (Fsp3) is 0.217. The van der Waals surface area contributed by atoms with Crippen molar-refractivity contribution in [3.05, 3.63) is 71.3 Å². The molecule has 0 aliphatic carbocycles. The number of anilines is 1. The smallest absolute Gasteiger partial charge is 0.303 e. The number of halogens is 2. The molecule has 0 amide bonds. The van der Waals surface area contributed by atoms with E-state index in [9.17, 15) is 17.6 Å². The first-order valence-electron chi connectivity index (χ1n) is 10.0. The number of benzene rings is 2. The Labute approximate surface area is 195 Å². The van der Waals surface area contributed by atoms with Crippen LogP contribution in [0, 0.1) is 5.82 Å². The van der Waals surface area contributed by atoms with Crippen molar-refractivity contribution >= 4 is 33.3 Å². The van der Waals surface area contributed by atoms with Gasteiger partial charge in [0, 0.05) is 36.8 Å². The van der Waals surface area contributed by atoms with Gasteiger partial charge < -0.3 is 9.84 Å². The van der Waals surface area contributed by atoms with E-state index in [4.69, 9.17) is 21.4 Å². The van der Waals surface area contributed by atoms with Crippen molar-refractivity contribution in [3.8, 4) is 16.9 Å². The summed E-state index contributed by atoms with van der Waals surface area (Å²) in [5.41, 5.74) is 2.18. The number of fused-ring (bicyclic) bond motifs is 1. The number of carboxylic acids is 1. The predicted octanol–water partition coefficient (Wildman–Crippen LogP) is 4.71. The molecule has 0 saturated heterocycles. The summed E-state index contributed by atoms with van der Waals surface area (Å²) in [6.07, 6.45) is 2.92. The maximum absolute atomic E-state index is 13.6. The Morgan fingerprint density at radius 2 is 2.00 bits per heavy atom. The Balaban J connectivity index is 1.73. The van der Waals surface area contributed by atoms with Crippen molar-refractivity contribution in [2.24, 2.45) is 0 Å². The fourth-order valence-electron chi connectivity index (χ4n) is 3.90. The third-order valence-corrected chi connectivity index (χ3v) is 7.62. The van der Waals surface area contributed by atoms with Gasteiger partial charge in [-0.25, -0.2) is 12.8 Å². The topological polar surface area (TPSA) is 96.8 Å². The predicted molar refractivity (Wildman–Crippen MR) is 122 cm³/mol. The highest BCUT2D eigenvalue weighted by Crippen LogP contribution is 2.43. The average Bonchev–Trinajstić information content (AvgIpc) is 3.18. The molecule has 1 aliphatic rings. The van der Waals surface area contributed by atoms with Crippen LogP contribution in [0.15, 0.2) is 59.8 Å². The molecule has 0 fully saturated rings. The van der Waals surface area contributed by atoms with E-state index >= 15 is 0 Å². The van der Waals surface area contributed by atoms with Crippen LogP contribution in [0.4, 0.5) is 10.1 Å². The lowest BCUT2D eigenvalue weighted by Crippen LogP contribution is -2.30. The standard InChI is InChI=1S/C23H20ClFN2O5S/c1-32-17-4-6-22-19(10-17)15(3-7-23(28)29)13-27(22)33(30,31)18-8-16(11-26-12-18)14-2-5-21(25)20(24)9-14/h2,4-6,8-12,15H,3,7,13H2,1H3,(H,28,29). The Morgan fingerprint density at radius 3 is 2.70 bits per heavy atom. The summed E-state index contributed by atoms with van der Waals surface area (Å²) in [6, 6.07) is 10.6. The van der Waals surface area contributed by atoms with Gasteiger partial charge in [0.05, 0.1) is 17.8 Å². The third kappa shape index (κ3) is 4.51. The summed E-state index contributed by atoms with van der Waals surface area (Å²) in [4.78, 5) is 15.1. The number of hydrogen-bond donors (Lipinski definition) is 1. The van der Waals surface area contributed by atoms with Gasteiger partial charge in [0.25, 0.3) is 10.0 Å². The van der Waals surface area contributed by atoms with Crippen molar-refractivity contribution in [1.82, 2.24) is 4.98 Å². The quantitative estimate of drug-likeness (QED) is 0.515. The summed E-state index contributed by atoms with van der Waals surface area (Å²) < 4.78 is 47.3. The SMILES string of the molecule is COc1ccc2c(c1)C(CCC(=O)O)CN2S(=O)(=O)c1cncc(-c2ccc(F)c(Cl)c2)c1. The van der Waals surface area contributed by atoms with Crippen molar-refractivity contribution in [3.63, 3.8) is 0 Å². The number of sulfonamides is 1. The Hall–Kier alpha value is -3.17. The lowest BCUT2D eigenvalue weighted by Gasteiger charge is -2.20. The highest BCUT2D eigenvalue weighted by molar-refractivity contribution is 7.92. The molecule has 0 bridgehead atoms. The zero-order chi connectivity index (χ0) is 23.8. The number of ether oxygens (including phenoxy) is 1. The lowest BCUT2D eigenvalue weighted by atomic mass is 9.96. The highest BCUT2D eigenvalue weighted by Gasteiger charge is 2.37. The van der Waals surface area contributed by atoms with Gasteiger partial charge in [-0.1, -0.05) is 17.7 Å². The molecule has 3 aromatic rings. The first kappa shape index (κ1) is 23.0. The molecule has 2 aromatic carbocycles. The summed E-state index contributed by atoms with van der Waals surface area (Å²) in [6.45, 7) is 0.102. The molecule has 1 aromatic heterocycles. The van der Waals surface area contributed by atoms with E-state index < -0.39 is 21.8 Å². The zero-order valence-corrected chi connectivity index (χ0v) is 19.1. The molecule has 1 unspecified atom stereocenters. The Morgan fingerprint density at radius 1 is 1.21 bits per heavy atom. The number of methoxy groups -OCH3 is 1. The van der Waals surface area contributed by atoms with E-state index in [0.29, 0.717) is 28.1 Å². The molecule has 0 radical (unpaired) electrons. The zero-order valence-electron chi connectivity index (χ0n) is 17.5. The second-order valence-electron chi connectivity index (χ2n) is 7.63. The maximum Gasteiger partial charge on any atom is 0.303 e. The van der Waals surface area contributed by atoms with Crippen molar-refractivity contribution in [2.45, 2.75) is 23.7 Å². The van der Waals surface area contributed by atoms with Crippen molar-refractivity contribution in [2.75, 3.05) is 18.0 Å². The second-order valence-corrected chi connectivity index (χ2v) is 9.90. The van der Waals surface area contributed by atoms with Crippen molar-refractivity contribution in [1.29, 1.82) is 0 Å². The first-order chi connectivity index (χ1) is 15.7. The first-order valence-corrected chi connectivity index (χ1v) is 11.9. The summed E-state index contributed by atoms with van der Waals surface area (Å²) >= 11 is 5.87. The number of pyridine rings is 1. The largest absolute Gasteiger partial charge is 0.497 e. The van der Waals surface area contributed by atoms with Crippen LogP contribution in [0.2, 0.25) is 5.02 Å². The van der Waals surface area contributed by atoms with Gasteiger partial charge in [-0.3, -0.25) is 14.1 Å². The molecule has 0 spiro atoms. The minimum atomic E-state index is -4.02. The second kappa shape index (κ2) is 8.99. The number of hydrogen-bond acceptors (Lipinski definition) is 5. The number of nitrogens with zero attached hydrogens (tertiary/aromatic N) is 2. The minimum absolute atomic E-state index is 0.0406. The van der Waals surface area contributed by atoms with E-state index in [1.165, 1.54) is 48.1 Å². The van der Waals surface area contributed by atoms with Crippen LogP contribution in [-0.4, -0.2) is 38.1 Å². The van der Waals surface area contributed by atoms with E-state index in [0.717, 1.165) is 0 Å². The maximum atomic E-state index is 13.6. The fourth-order valence-corrected chi connectivity index (χ4v) is 5.61. The molecule has 172 valence electrons. The molecular formula is C23H20ClFN2O5S. The van der Waals surface area contributed by atoms with Crippen LogP contribution >= 0.6 is 11.6 Å². The molecule has 1 atom stereocenters. The molecule has 33 heavy (non-hydrogen) atoms. The molecule has 10 heteroatoms. The summed E-state index contributed by atoms with van der Waals surface area (Å²) in [5.74, 6) is -1.26. The lowest BCUT2D eigenvalue weighted by molar-refractivity contribution is -0.137. The van der Waals surface area contributed by atoms with Gasteiger partial charge in [0.2, 0.25) is 0 Å². The number of rotatable bonds is 7. The van der Waals surface area contributed by atoms with E-state index in [-0.39, 0.29) is 35.2 Å². The number of aromatic nitrogens is 1. The van der Waals surface area contributed by atoms with Crippen LogP contribution < -0.4 is 9.04 Å². The molecule has 7 nitrogen and oxygen atoms in total. The molecule has 1 aliphatic heterocycles. The van der Waals surface area contributed by atoms with Crippen LogP contribution in [0.25, 0.3) is 11.1 Å². The minimum Gasteiger partial charge on any atom is -0.497 e. The summed E-state index contributed by atoms with van der Waals surface area (Å²) in [5, 5.41) is 9.02. The van der Waals surface area contributed by atoms with E-state index in [2.05, 4.69) is 4.98 Å². The third-order valence-electron chi connectivity index (χ3n) is 5.59. The van der Waals surface area contributed by atoms with E-state index in [1.54, 1.807) is 18.2 Å². The molecule has 1 N–H and O–H groups in total. The monoisotopic (exact) mass is 490 g/mol. The normalized spacial score (nSPS) is 15.4. The van der Waals surface area contributed by atoms with Gasteiger partial charge >= 0.3 is 5.97 Å². The molecule has 4 rings (SSSR count). The van der Waals surface area contributed by atoms with Gasteiger partial charge in [-0.05, 0) is 53.9 Å². The number of aliphatic carboxylic acids is 1. The van der Waals surface area contributed by atoms with E-state index in [1.807, 2.05) is 0 Å². The average molecular weight is 491 g/mol. The van der Waals surface area contributed by atoms with Crippen LogP contribution in [0.1, 0.15) is 24.3 Å². The van der Waals surface area contributed by atoms with Gasteiger partial charge in [0.15, 0.2) is 0 Å². The Kier molecular flexibility index (Phi) is 6.27. The number of carbonyl (C=O) groups is 1. The van der Waals surface area contributed by atoms with Crippen LogP contribution in [-0.2, 0) is 14.8 Å². The van der Waals surface area contributed by atoms with Gasteiger partial charge in [-0.2, -0.15) is 0 Å². The Bertz CT molecular complexity index is 1330.